The van der Waals surface area contributed by atoms with Crippen LogP contribution in [0.5, 0.6) is 0 Å². The summed E-state index contributed by atoms with van der Waals surface area (Å²) in [5.74, 6) is -1.49. The lowest BCUT2D eigenvalue weighted by atomic mass is 10.0. The number of urea groups is 1. The number of carboxylic acid groups (broad SMARTS) is 1. The minimum Gasteiger partial charge on any atom is -0.481 e. The smallest absolute Gasteiger partial charge is 0.317 e. The number of amides is 2. The van der Waals surface area contributed by atoms with E-state index in [0.29, 0.717) is 13.1 Å². The van der Waals surface area contributed by atoms with E-state index in [2.05, 4.69) is 5.32 Å². The molecule has 2 heterocycles. The van der Waals surface area contributed by atoms with Crippen LogP contribution in [-0.2, 0) is 9.53 Å². The maximum absolute atomic E-state index is 12.0. The number of aliphatic carboxylic acids is 1. The van der Waals surface area contributed by atoms with Crippen LogP contribution in [0.25, 0.3) is 0 Å². The van der Waals surface area contributed by atoms with Crippen molar-refractivity contribution in [3.63, 3.8) is 0 Å². The van der Waals surface area contributed by atoms with E-state index in [1.807, 2.05) is 0 Å². The third-order valence-corrected chi connectivity index (χ3v) is 3.82. The van der Waals surface area contributed by atoms with Gasteiger partial charge in [-0.05, 0) is 26.7 Å². The highest BCUT2D eigenvalue weighted by atomic mass is 16.5. The van der Waals surface area contributed by atoms with Crippen LogP contribution in [0.2, 0.25) is 0 Å². The van der Waals surface area contributed by atoms with Crippen LogP contribution in [0.15, 0.2) is 0 Å². The number of nitrogens with zero attached hydrogens (tertiary/aromatic N) is 1. The van der Waals surface area contributed by atoms with Gasteiger partial charge in [0.25, 0.3) is 0 Å². The molecule has 0 aromatic heterocycles. The Morgan fingerprint density at radius 1 is 1.28 bits per heavy atom. The molecule has 102 valence electrons. The van der Waals surface area contributed by atoms with Gasteiger partial charge in [-0.25, -0.2) is 4.79 Å². The van der Waals surface area contributed by atoms with Crippen molar-refractivity contribution in [3.8, 4) is 0 Å². The summed E-state index contributed by atoms with van der Waals surface area (Å²) in [6.07, 6.45) is 2.33. The third kappa shape index (κ3) is 2.75. The van der Waals surface area contributed by atoms with Crippen LogP contribution >= 0.6 is 0 Å². The number of nitrogens with one attached hydrogen (secondary N) is 1. The molecular formula is C12H20N2O4. The van der Waals surface area contributed by atoms with Crippen LogP contribution < -0.4 is 5.32 Å². The lowest BCUT2D eigenvalue weighted by molar-refractivity contribution is -0.141. The van der Waals surface area contributed by atoms with Gasteiger partial charge in [0.05, 0.1) is 18.1 Å². The molecule has 0 radical (unpaired) electrons. The van der Waals surface area contributed by atoms with Crippen molar-refractivity contribution in [2.75, 3.05) is 13.1 Å². The molecule has 4 atom stereocenters. The molecule has 2 bridgehead atoms. The number of morpholine rings is 1. The molecule has 2 rings (SSSR count). The van der Waals surface area contributed by atoms with E-state index in [1.54, 1.807) is 18.7 Å². The lowest BCUT2D eigenvalue weighted by Gasteiger charge is -2.33. The number of rotatable bonds is 3. The molecule has 2 saturated heterocycles. The molecule has 0 aromatic rings. The maximum Gasteiger partial charge on any atom is 0.317 e. The summed E-state index contributed by atoms with van der Waals surface area (Å²) in [4.78, 5) is 24.6. The number of fused-ring (bicyclic) bond motifs is 2. The zero-order valence-corrected chi connectivity index (χ0v) is 10.8. The quantitative estimate of drug-likeness (QED) is 0.778. The largest absolute Gasteiger partial charge is 0.481 e. The van der Waals surface area contributed by atoms with Crippen molar-refractivity contribution in [3.05, 3.63) is 0 Å². The number of ether oxygens (including phenoxy) is 1. The zero-order chi connectivity index (χ0) is 13.3. The second-order valence-corrected chi connectivity index (χ2v) is 5.23. The molecule has 2 aliphatic rings. The third-order valence-electron chi connectivity index (χ3n) is 3.82. The van der Waals surface area contributed by atoms with Crippen molar-refractivity contribution < 1.29 is 19.4 Å². The molecule has 6 nitrogen and oxygen atoms in total. The van der Waals surface area contributed by atoms with Gasteiger partial charge in [0, 0.05) is 19.1 Å². The van der Waals surface area contributed by atoms with E-state index in [0.717, 1.165) is 12.8 Å². The number of carbonyl (C=O) groups is 2. The second kappa shape index (κ2) is 5.14. The Labute approximate surface area is 106 Å². The van der Waals surface area contributed by atoms with Gasteiger partial charge < -0.3 is 20.1 Å². The predicted molar refractivity (Wildman–Crippen MR) is 64.3 cm³/mol. The zero-order valence-electron chi connectivity index (χ0n) is 10.8. The molecular weight excluding hydrogens is 236 g/mol. The minimum atomic E-state index is -0.898. The molecule has 2 fully saturated rings. The van der Waals surface area contributed by atoms with Crippen LogP contribution in [0.4, 0.5) is 4.79 Å². The first-order valence-corrected chi connectivity index (χ1v) is 6.41. The Balaban J connectivity index is 1.86. The summed E-state index contributed by atoms with van der Waals surface area (Å²) in [5, 5.41) is 11.6. The normalized spacial score (nSPS) is 29.8. The Morgan fingerprint density at radius 2 is 1.83 bits per heavy atom. The Bertz CT molecular complexity index is 335. The molecule has 0 spiro atoms. The van der Waals surface area contributed by atoms with Gasteiger partial charge in [0.15, 0.2) is 0 Å². The molecule has 0 aromatic carbocycles. The van der Waals surface area contributed by atoms with Crippen LogP contribution in [-0.4, -0.2) is 53.3 Å². The van der Waals surface area contributed by atoms with E-state index in [9.17, 15) is 9.59 Å². The average Bonchev–Trinajstić information content (AvgIpc) is 2.66. The van der Waals surface area contributed by atoms with Crippen LogP contribution in [0.1, 0.15) is 26.7 Å². The number of likely N-dealkylation sites (tertiary alicyclic amines) is 1. The predicted octanol–water partition coefficient (Wildman–Crippen LogP) is 0.668. The first-order chi connectivity index (χ1) is 8.47. The summed E-state index contributed by atoms with van der Waals surface area (Å²) in [5.41, 5.74) is 0. The summed E-state index contributed by atoms with van der Waals surface area (Å²) in [6, 6.07) is -0.564. The molecule has 18 heavy (non-hydrogen) atoms. The monoisotopic (exact) mass is 256 g/mol. The fourth-order valence-electron chi connectivity index (χ4n) is 2.41. The van der Waals surface area contributed by atoms with Gasteiger partial charge in [-0.15, -0.1) is 0 Å². The highest BCUT2D eigenvalue weighted by Gasteiger charge is 2.36. The Hall–Kier alpha value is -1.30. The first-order valence-electron chi connectivity index (χ1n) is 6.41. The van der Waals surface area contributed by atoms with Crippen molar-refractivity contribution in [1.82, 2.24) is 10.2 Å². The van der Waals surface area contributed by atoms with E-state index in [4.69, 9.17) is 9.84 Å². The average molecular weight is 256 g/mol. The van der Waals surface area contributed by atoms with Crippen molar-refractivity contribution in [1.29, 1.82) is 0 Å². The van der Waals surface area contributed by atoms with Crippen molar-refractivity contribution >= 4 is 12.0 Å². The highest BCUT2D eigenvalue weighted by molar-refractivity contribution is 5.76. The first kappa shape index (κ1) is 13.1. The van der Waals surface area contributed by atoms with Gasteiger partial charge in [-0.2, -0.15) is 0 Å². The van der Waals surface area contributed by atoms with Gasteiger partial charge in [-0.1, -0.05) is 0 Å². The molecule has 6 heteroatoms. The summed E-state index contributed by atoms with van der Waals surface area (Å²) in [6.45, 7) is 4.52. The van der Waals surface area contributed by atoms with E-state index in [1.165, 1.54) is 0 Å². The summed E-state index contributed by atoms with van der Waals surface area (Å²) in [7, 11) is 0. The van der Waals surface area contributed by atoms with Crippen LogP contribution in [0.3, 0.4) is 0 Å². The number of carbonyl (C=O) groups excluding carboxylic acids is 1. The Morgan fingerprint density at radius 3 is 2.33 bits per heavy atom. The molecule has 2 aliphatic heterocycles. The minimum absolute atomic E-state index is 0.154. The van der Waals surface area contributed by atoms with E-state index >= 15 is 0 Å². The fourth-order valence-corrected chi connectivity index (χ4v) is 2.41. The van der Waals surface area contributed by atoms with Crippen molar-refractivity contribution in [2.45, 2.75) is 44.9 Å². The van der Waals surface area contributed by atoms with E-state index < -0.39 is 11.9 Å². The van der Waals surface area contributed by atoms with Gasteiger partial charge in [0.1, 0.15) is 0 Å². The lowest BCUT2D eigenvalue weighted by Crippen LogP contribution is -2.53. The van der Waals surface area contributed by atoms with E-state index in [-0.39, 0.29) is 24.3 Å². The molecule has 0 aliphatic carbocycles. The Kier molecular flexibility index (Phi) is 3.75. The van der Waals surface area contributed by atoms with Gasteiger partial charge in [-0.3, -0.25) is 4.79 Å². The maximum atomic E-state index is 12.0. The topological polar surface area (TPSA) is 78.9 Å². The second-order valence-electron chi connectivity index (χ2n) is 5.23. The summed E-state index contributed by atoms with van der Waals surface area (Å²) < 4.78 is 5.65. The fraction of sp³-hybridized carbons (Fsp3) is 0.833. The van der Waals surface area contributed by atoms with Gasteiger partial charge >= 0.3 is 12.0 Å². The SMILES string of the molecule is CC(NC(=O)N1CC2CCC(C1)O2)C(C)C(=O)O. The molecule has 2 N–H and O–H groups in total. The number of carboxylic acids is 1. The van der Waals surface area contributed by atoms with Gasteiger partial charge in [0.2, 0.25) is 0 Å². The number of hydrogen-bond donors (Lipinski definition) is 2. The van der Waals surface area contributed by atoms with Crippen molar-refractivity contribution in [2.24, 2.45) is 5.92 Å². The summed E-state index contributed by atoms with van der Waals surface area (Å²) >= 11 is 0. The number of hydrogen-bond acceptors (Lipinski definition) is 3. The standard InChI is InChI=1S/C12H20N2O4/c1-7(11(15)16)8(2)13-12(17)14-5-9-3-4-10(6-14)18-9/h7-10H,3-6H2,1-2H3,(H,13,17)(H,15,16). The highest BCUT2D eigenvalue weighted by Crippen LogP contribution is 2.26. The molecule has 2 amide bonds. The molecule has 4 unspecified atom stereocenters. The van der Waals surface area contributed by atoms with Crippen LogP contribution in [0, 0.1) is 5.92 Å². The molecule has 0 saturated carbocycles.